The molecular formula is C24H27N5O5. The second kappa shape index (κ2) is 10.9. The summed E-state index contributed by atoms with van der Waals surface area (Å²) in [6, 6.07) is 14.8. The molecule has 1 saturated heterocycles. The maximum Gasteiger partial charge on any atom is 0.304 e. The van der Waals surface area contributed by atoms with E-state index >= 15 is 0 Å². The number of oxime groups is 1. The maximum absolute atomic E-state index is 12.2. The zero-order chi connectivity index (χ0) is 23.9. The van der Waals surface area contributed by atoms with E-state index in [4.69, 9.17) is 14.3 Å². The molecule has 0 atom stereocenters. The van der Waals surface area contributed by atoms with Crippen LogP contribution in [0.1, 0.15) is 12.5 Å². The highest BCUT2D eigenvalue weighted by molar-refractivity contribution is 5.98. The average molecular weight is 466 g/mol. The van der Waals surface area contributed by atoms with Crippen LogP contribution in [0.2, 0.25) is 0 Å². The van der Waals surface area contributed by atoms with Crippen molar-refractivity contribution in [1.29, 1.82) is 0 Å². The molecule has 0 spiro atoms. The number of nitrogens with zero attached hydrogens (tertiary/aromatic N) is 5. The van der Waals surface area contributed by atoms with E-state index in [1.165, 1.54) is 0 Å². The first kappa shape index (κ1) is 23.4. The van der Waals surface area contributed by atoms with Gasteiger partial charge in [-0.2, -0.15) is 0 Å². The van der Waals surface area contributed by atoms with Gasteiger partial charge in [0.05, 0.1) is 38.2 Å². The standard InChI is InChI=1S/C24H27N5O5/c1-17(18-7-9-19(32-2)10-8-18)27-34-15-22(30)25-26-23-20-5-3-4-6-21(20)29(24(23)31)16-28-11-13-33-14-12-28/h3-10,31H,11-16H2,1-2H3. The Morgan fingerprint density at radius 3 is 2.59 bits per heavy atom. The van der Waals surface area contributed by atoms with Crippen LogP contribution in [0.15, 0.2) is 63.9 Å². The van der Waals surface area contributed by atoms with Crippen molar-refractivity contribution in [2.75, 3.05) is 40.0 Å². The summed E-state index contributed by atoms with van der Waals surface area (Å²) >= 11 is 0. The van der Waals surface area contributed by atoms with Crippen molar-refractivity contribution in [3.8, 4) is 11.6 Å². The van der Waals surface area contributed by atoms with Gasteiger partial charge in [-0.1, -0.05) is 23.4 Å². The number of para-hydroxylation sites is 1. The topological polar surface area (TPSA) is 110 Å². The van der Waals surface area contributed by atoms with Crippen LogP contribution in [-0.4, -0.2) is 66.2 Å². The molecule has 1 aliphatic rings. The SMILES string of the molecule is COc1ccc(C(C)=NOCC(=O)N=Nc2c(O)n(CN3CCOCC3)c3ccccc23)cc1. The van der Waals surface area contributed by atoms with E-state index in [0.717, 1.165) is 29.9 Å². The van der Waals surface area contributed by atoms with Crippen LogP contribution in [0.3, 0.4) is 0 Å². The molecule has 2 aromatic carbocycles. The van der Waals surface area contributed by atoms with Gasteiger partial charge in [0.2, 0.25) is 5.88 Å². The van der Waals surface area contributed by atoms with Crippen LogP contribution in [0, 0.1) is 0 Å². The quantitative estimate of drug-likeness (QED) is 0.309. The molecule has 3 aromatic rings. The van der Waals surface area contributed by atoms with Crippen molar-refractivity contribution in [2.45, 2.75) is 13.6 Å². The molecule has 4 rings (SSSR count). The summed E-state index contributed by atoms with van der Waals surface area (Å²) < 4.78 is 12.3. The van der Waals surface area contributed by atoms with Gasteiger partial charge in [-0.05, 0) is 42.8 Å². The first-order valence-corrected chi connectivity index (χ1v) is 10.9. The number of ether oxygens (including phenoxy) is 2. The molecule has 0 aliphatic carbocycles. The molecule has 2 heterocycles. The smallest absolute Gasteiger partial charge is 0.304 e. The largest absolute Gasteiger partial charge is 0.497 e. The Hall–Kier alpha value is -3.76. The molecule has 0 radical (unpaired) electrons. The summed E-state index contributed by atoms with van der Waals surface area (Å²) in [5, 5.41) is 23.3. The molecule has 1 aliphatic heterocycles. The Kier molecular flexibility index (Phi) is 7.51. The van der Waals surface area contributed by atoms with E-state index in [1.54, 1.807) is 18.6 Å². The Bertz CT molecular complexity index is 1200. The van der Waals surface area contributed by atoms with Gasteiger partial charge in [0, 0.05) is 18.5 Å². The normalized spacial score (nSPS) is 15.2. The van der Waals surface area contributed by atoms with Crippen molar-refractivity contribution in [1.82, 2.24) is 9.47 Å². The van der Waals surface area contributed by atoms with Gasteiger partial charge in [0.25, 0.3) is 0 Å². The summed E-state index contributed by atoms with van der Waals surface area (Å²) in [6.07, 6.45) is 0. The predicted molar refractivity (Wildman–Crippen MR) is 127 cm³/mol. The zero-order valence-corrected chi connectivity index (χ0v) is 19.2. The number of fused-ring (bicyclic) bond motifs is 1. The minimum atomic E-state index is -0.615. The molecule has 178 valence electrons. The van der Waals surface area contributed by atoms with E-state index < -0.39 is 5.91 Å². The van der Waals surface area contributed by atoms with Gasteiger partial charge in [-0.15, -0.1) is 10.2 Å². The van der Waals surface area contributed by atoms with E-state index in [9.17, 15) is 9.90 Å². The Balaban J connectivity index is 1.43. The summed E-state index contributed by atoms with van der Waals surface area (Å²) in [4.78, 5) is 19.5. The minimum Gasteiger partial charge on any atom is -0.497 e. The fraction of sp³-hybridized carbons (Fsp3) is 0.333. The lowest BCUT2D eigenvalue weighted by atomic mass is 10.1. The number of aromatic hydroxyl groups is 1. The number of amides is 1. The van der Waals surface area contributed by atoms with Gasteiger partial charge in [0.1, 0.15) is 5.75 Å². The van der Waals surface area contributed by atoms with E-state index in [2.05, 4.69) is 20.3 Å². The van der Waals surface area contributed by atoms with Crippen molar-refractivity contribution < 1.29 is 24.2 Å². The van der Waals surface area contributed by atoms with Gasteiger partial charge in [-0.3, -0.25) is 14.3 Å². The lowest BCUT2D eigenvalue weighted by molar-refractivity contribution is -0.122. The first-order chi connectivity index (χ1) is 16.6. The fourth-order valence-electron chi connectivity index (χ4n) is 3.66. The molecule has 0 bridgehead atoms. The van der Waals surface area contributed by atoms with E-state index in [-0.39, 0.29) is 18.2 Å². The molecule has 1 aromatic heterocycles. The van der Waals surface area contributed by atoms with E-state index in [0.29, 0.717) is 31.0 Å². The third-order valence-electron chi connectivity index (χ3n) is 5.52. The number of hydrogen-bond donors (Lipinski definition) is 1. The average Bonchev–Trinajstić information content (AvgIpc) is 3.14. The number of rotatable bonds is 8. The van der Waals surface area contributed by atoms with Gasteiger partial charge < -0.3 is 19.4 Å². The number of hydrogen-bond acceptors (Lipinski definition) is 8. The zero-order valence-electron chi connectivity index (χ0n) is 19.2. The van der Waals surface area contributed by atoms with Crippen LogP contribution in [0.25, 0.3) is 10.9 Å². The lowest BCUT2D eigenvalue weighted by Gasteiger charge is -2.27. The second-order valence-electron chi connectivity index (χ2n) is 7.76. The Morgan fingerprint density at radius 1 is 1.12 bits per heavy atom. The minimum absolute atomic E-state index is 0.0430. The molecule has 1 N–H and O–H groups in total. The Morgan fingerprint density at radius 2 is 1.85 bits per heavy atom. The van der Waals surface area contributed by atoms with Gasteiger partial charge in [0.15, 0.2) is 12.3 Å². The van der Waals surface area contributed by atoms with Crippen LogP contribution in [-0.2, 0) is 21.0 Å². The maximum atomic E-state index is 12.2. The summed E-state index contributed by atoms with van der Waals surface area (Å²) in [6.45, 7) is 4.74. The molecule has 10 nitrogen and oxygen atoms in total. The summed E-state index contributed by atoms with van der Waals surface area (Å²) in [5.74, 6) is 0.0804. The van der Waals surface area contributed by atoms with Crippen LogP contribution < -0.4 is 4.74 Å². The molecule has 1 fully saturated rings. The van der Waals surface area contributed by atoms with Crippen LogP contribution >= 0.6 is 0 Å². The molecule has 0 saturated carbocycles. The molecule has 1 amide bonds. The summed E-state index contributed by atoms with van der Waals surface area (Å²) in [7, 11) is 1.60. The van der Waals surface area contributed by atoms with Crippen LogP contribution in [0.4, 0.5) is 5.69 Å². The molecule has 10 heteroatoms. The number of aromatic nitrogens is 1. The van der Waals surface area contributed by atoms with Crippen LogP contribution in [0.5, 0.6) is 11.6 Å². The first-order valence-electron chi connectivity index (χ1n) is 10.9. The molecule has 34 heavy (non-hydrogen) atoms. The third-order valence-corrected chi connectivity index (χ3v) is 5.52. The van der Waals surface area contributed by atoms with Crippen molar-refractivity contribution in [3.05, 3.63) is 54.1 Å². The Labute approximate surface area is 197 Å². The highest BCUT2D eigenvalue weighted by Crippen LogP contribution is 2.39. The second-order valence-corrected chi connectivity index (χ2v) is 7.76. The third kappa shape index (κ3) is 5.41. The van der Waals surface area contributed by atoms with Gasteiger partial charge in [-0.25, -0.2) is 0 Å². The summed E-state index contributed by atoms with van der Waals surface area (Å²) in [5.41, 5.74) is 2.50. The highest BCUT2D eigenvalue weighted by atomic mass is 16.6. The van der Waals surface area contributed by atoms with Crippen molar-refractivity contribution in [2.24, 2.45) is 15.4 Å². The molecular weight excluding hydrogens is 438 g/mol. The number of carbonyl (C=O) groups is 1. The fourth-order valence-corrected chi connectivity index (χ4v) is 3.66. The number of azo groups is 1. The van der Waals surface area contributed by atoms with Crippen molar-refractivity contribution >= 4 is 28.2 Å². The molecule has 0 unspecified atom stereocenters. The predicted octanol–water partition coefficient (Wildman–Crippen LogP) is 3.70. The highest BCUT2D eigenvalue weighted by Gasteiger charge is 2.20. The lowest BCUT2D eigenvalue weighted by Crippen LogP contribution is -2.37. The van der Waals surface area contributed by atoms with E-state index in [1.807, 2.05) is 48.5 Å². The van der Waals surface area contributed by atoms with Gasteiger partial charge >= 0.3 is 5.91 Å². The monoisotopic (exact) mass is 465 g/mol. The number of methoxy groups -OCH3 is 1. The van der Waals surface area contributed by atoms with Crippen molar-refractivity contribution in [3.63, 3.8) is 0 Å². The number of carbonyl (C=O) groups excluding carboxylic acids is 1. The number of benzene rings is 2. The number of morpholine rings is 1.